The van der Waals surface area contributed by atoms with E-state index >= 15 is 0 Å². The molecule has 3 nitrogen and oxygen atoms in total. The zero-order valence-electron chi connectivity index (χ0n) is 8.61. The van der Waals surface area contributed by atoms with E-state index in [1.165, 1.54) is 11.3 Å². The Balaban J connectivity index is 2.07. The topological polar surface area (TPSA) is 42.0 Å². The number of hydrogen-bond acceptors (Lipinski definition) is 3. The van der Waals surface area contributed by atoms with Crippen LogP contribution in [0.2, 0.25) is 5.02 Å². The van der Waals surface area contributed by atoms with Crippen molar-refractivity contribution in [3.05, 3.63) is 49.8 Å². The summed E-state index contributed by atoms with van der Waals surface area (Å²) < 4.78 is 0.820. The van der Waals surface area contributed by atoms with E-state index in [-0.39, 0.29) is 5.91 Å². The van der Waals surface area contributed by atoms with E-state index in [0.717, 1.165) is 10.2 Å². The molecule has 2 aromatic rings. The molecule has 88 valence electrons. The number of hydrogen-bond donors (Lipinski definition) is 1. The van der Waals surface area contributed by atoms with Crippen LogP contribution in [0.5, 0.6) is 0 Å². The molecule has 0 fully saturated rings. The second kappa shape index (κ2) is 5.62. The van der Waals surface area contributed by atoms with Crippen LogP contribution in [0.3, 0.4) is 0 Å². The quantitative estimate of drug-likeness (QED) is 0.935. The smallest absolute Gasteiger partial charge is 0.253 e. The van der Waals surface area contributed by atoms with E-state index < -0.39 is 0 Å². The Morgan fingerprint density at radius 3 is 3.06 bits per heavy atom. The third-order valence-electron chi connectivity index (χ3n) is 2.09. The normalized spacial score (nSPS) is 10.2. The van der Waals surface area contributed by atoms with E-state index in [9.17, 15) is 4.79 Å². The van der Waals surface area contributed by atoms with Gasteiger partial charge in [0.15, 0.2) is 0 Å². The predicted molar refractivity (Wildman–Crippen MR) is 72.4 cm³/mol. The van der Waals surface area contributed by atoms with Gasteiger partial charge in [0.2, 0.25) is 0 Å². The number of nitrogens with zero attached hydrogens (tertiary/aromatic N) is 1. The lowest BCUT2D eigenvalue weighted by Gasteiger charge is -2.05. The number of amides is 1. The summed E-state index contributed by atoms with van der Waals surface area (Å²) in [6.07, 6.45) is 0. The number of rotatable bonds is 3. The minimum atomic E-state index is -0.204. The van der Waals surface area contributed by atoms with Crippen LogP contribution in [0, 0.1) is 0 Å². The monoisotopic (exact) mass is 330 g/mol. The van der Waals surface area contributed by atoms with Gasteiger partial charge in [-0.2, -0.15) is 0 Å². The lowest BCUT2D eigenvalue weighted by atomic mass is 10.2. The molecular weight excluding hydrogens is 324 g/mol. The standard InChI is InChI=1S/C11H8BrClN2OS/c12-7-1-2-10(13)9(3-7)11(16)14-4-8-5-17-6-15-8/h1-3,5-6H,4H2,(H,14,16). The van der Waals surface area contributed by atoms with Crippen LogP contribution in [0.25, 0.3) is 0 Å². The van der Waals surface area contributed by atoms with Gasteiger partial charge in [0.05, 0.1) is 28.3 Å². The van der Waals surface area contributed by atoms with E-state index in [1.807, 2.05) is 5.38 Å². The summed E-state index contributed by atoms with van der Waals surface area (Å²) >= 11 is 10.8. The summed E-state index contributed by atoms with van der Waals surface area (Å²) in [5.41, 5.74) is 3.03. The van der Waals surface area contributed by atoms with Gasteiger partial charge in [0.25, 0.3) is 5.91 Å². The Hall–Kier alpha value is -0.910. The highest BCUT2D eigenvalue weighted by molar-refractivity contribution is 9.10. The fourth-order valence-corrected chi connectivity index (χ4v) is 2.39. The third-order valence-corrected chi connectivity index (χ3v) is 3.54. The average Bonchev–Trinajstić information content (AvgIpc) is 2.82. The van der Waals surface area contributed by atoms with Crippen molar-refractivity contribution in [1.82, 2.24) is 10.3 Å². The largest absolute Gasteiger partial charge is 0.346 e. The molecule has 0 unspecified atom stereocenters. The Morgan fingerprint density at radius 1 is 1.53 bits per heavy atom. The first-order chi connectivity index (χ1) is 8.16. The molecule has 6 heteroatoms. The van der Waals surface area contributed by atoms with Crippen molar-refractivity contribution in [3.63, 3.8) is 0 Å². The first kappa shape index (κ1) is 12.5. The average molecular weight is 332 g/mol. The molecule has 0 atom stereocenters. The van der Waals surface area contributed by atoms with Crippen molar-refractivity contribution in [3.8, 4) is 0 Å². The molecule has 17 heavy (non-hydrogen) atoms. The van der Waals surface area contributed by atoms with Gasteiger partial charge in [0, 0.05) is 9.85 Å². The van der Waals surface area contributed by atoms with Crippen LogP contribution in [0.4, 0.5) is 0 Å². The molecular formula is C11H8BrClN2OS. The van der Waals surface area contributed by atoms with E-state index in [1.54, 1.807) is 23.7 Å². The highest BCUT2D eigenvalue weighted by Crippen LogP contribution is 2.20. The summed E-state index contributed by atoms with van der Waals surface area (Å²) in [5, 5.41) is 5.10. The molecule has 0 aliphatic heterocycles. The highest BCUT2D eigenvalue weighted by atomic mass is 79.9. The van der Waals surface area contributed by atoms with Crippen LogP contribution in [-0.4, -0.2) is 10.9 Å². The van der Waals surface area contributed by atoms with Crippen LogP contribution in [0.1, 0.15) is 16.1 Å². The lowest BCUT2D eigenvalue weighted by molar-refractivity contribution is 0.0950. The van der Waals surface area contributed by atoms with Crippen molar-refractivity contribution in [2.24, 2.45) is 0 Å². The zero-order valence-corrected chi connectivity index (χ0v) is 11.8. The van der Waals surface area contributed by atoms with Crippen LogP contribution < -0.4 is 5.32 Å². The summed E-state index contributed by atoms with van der Waals surface area (Å²) in [6, 6.07) is 5.17. The molecule has 1 heterocycles. The number of benzene rings is 1. The minimum absolute atomic E-state index is 0.204. The second-order valence-electron chi connectivity index (χ2n) is 3.29. The van der Waals surface area contributed by atoms with Gasteiger partial charge < -0.3 is 5.32 Å². The second-order valence-corrected chi connectivity index (χ2v) is 5.33. The maximum absolute atomic E-state index is 11.9. The van der Waals surface area contributed by atoms with Crippen molar-refractivity contribution < 1.29 is 4.79 Å². The first-order valence-corrected chi connectivity index (χ1v) is 6.88. The number of thiazole rings is 1. The van der Waals surface area contributed by atoms with Gasteiger partial charge in [-0.1, -0.05) is 27.5 Å². The number of carbonyl (C=O) groups excluding carboxylic acids is 1. The number of halogens is 2. The number of aromatic nitrogens is 1. The van der Waals surface area contributed by atoms with E-state index in [2.05, 4.69) is 26.2 Å². The molecule has 1 aromatic carbocycles. The molecule has 0 radical (unpaired) electrons. The highest BCUT2D eigenvalue weighted by Gasteiger charge is 2.10. The maximum atomic E-state index is 11.9. The number of carbonyl (C=O) groups is 1. The molecule has 0 saturated heterocycles. The van der Waals surface area contributed by atoms with Crippen molar-refractivity contribution in [2.45, 2.75) is 6.54 Å². The van der Waals surface area contributed by atoms with Crippen molar-refractivity contribution in [2.75, 3.05) is 0 Å². The summed E-state index contributed by atoms with van der Waals surface area (Å²) in [7, 11) is 0. The molecule has 1 aromatic heterocycles. The lowest BCUT2D eigenvalue weighted by Crippen LogP contribution is -2.23. The maximum Gasteiger partial charge on any atom is 0.253 e. The Bertz CT molecular complexity index is 530. The molecule has 1 N–H and O–H groups in total. The third kappa shape index (κ3) is 3.28. The fourth-order valence-electron chi connectivity index (χ4n) is 1.26. The van der Waals surface area contributed by atoms with E-state index in [4.69, 9.17) is 11.6 Å². The van der Waals surface area contributed by atoms with Crippen LogP contribution >= 0.6 is 38.9 Å². The molecule has 0 saturated carbocycles. The minimum Gasteiger partial charge on any atom is -0.346 e. The Morgan fingerprint density at radius 2 is 2.35 bits per heavy atom. The van der Waals surface area contributed by atoms with Gasteiger partial charge >= 0.3 is 0 Å². The molecule has 0 aliphatic carbocycles. The molecule has 0 spiro atoms. The number of nitrogens with one attached hydrogen (secondary N) is 1. The zero-order chi connectivity index (χ0) is 12.3. The Labute approximate surface area is 116 Å². The summed E-state index contributed by atoms with van der Waals surface area (Å²) in [5.74, 6) is -0.204. The molecule has 2 rings (SSSR count). The van der Waals surface area contributed by atoms with Gasteiger partial charge in [0.1, 0.15) is 0 Å². The van der Waals surface area contributed by atoms with Gasteiger partial charge in [-0.3, -0.25) is 4.79 Å². The molecule has 1 amide bonds. The first-order valence-electron chi connectivity index (χ1n) is 4.77. The Kier molecular flexibility index (Phi) is 4.15. The van der Waals surface area contributed by atoms with Crippen LogP contribution in [-0.2, 0) is 6.54 Å². The van der Waals surface area contributed by atoms with E-state index in [0.29, 0.717) is 17.1 Å². The molecule has 0 bridgehead atoms. The fraction of sp³-hybridized carbons (Fsp3) is 0.0909. The van der Waals surface area contributed by atoms with Crippen molar-refractivity contribution in [1.29, 1.82) is 0 Å². The van der Waals surface area contributed by atoms with Crippen LogP contribution in [0.15, 0.2) is 33.6 Å². The SMILES string of the molecule is O=C(NCc1cscn1)c1cc(Br)ccc1Cl. The predicted octanol–water partition coefficient (Wildman–Crippen LogP) is 3.49. The van der Waals surface area contributed by atoms with Gasteiger partial charge in [-0.25, -0.2) is 4.98 Å². The summed E-state index contributed by atoms with van der Waals surface area (Å²) in [6.45, 7) is 0.408. The van der Waals surface area contributed by atoms with Crippen molar-refractivity contribution >= 4 is 44.8 Å². The van der Waals surface area contributed by atoms with Gasteiger partial charge in [-0.15, -0.1) is 11.3 Å². The molecule has 0 aliphatic rings. The summed E-state index contributed by atoms with van der Waals surface area (Å²) in [4.78, 5) is 16.0. The van der Waals surface area contributed by atoms with Gasteiger partial charge in [-0.05, 0) is 18.2 Å².